The van der Waals surface area contributed by atoms with Gasteiger partial charge in [-0.2, -0.15) is 0 Å². The second kappa shape index (κ2) is 7.15. The first-order valence-corrected chi connectivity index (χ1v) is 9.07. The molecule has 0 aliphatic carbocycles. The van der Waals surface area contributed by atoms with Crippen LogP contribution in [0.2, 0.25) is 0 Å². The first-order valence-electron chi connectivity index (χ1n) is 9.07. The average Bonchev–Trinajstić information content (AvgIpc) is 3.18. The number of hydrogen-bond donors (Lipinski definition) is 2. The minimum atomic E-state index is -0.547. The molecule has 0 spiro atoms. The molecule has 0 bridgehead atoms. The molecule has 1 aliphatic heterocycles. The van der Waals surface area contributed by atoms with E-state index in [0.29, 0.717) is 11.3 Å². The van der Waals surface area contributed by atoms with Crippen molar-refractivity contribution in [2.45, 2.75) is 19.8 Å². The van der Waals surface area contributed by atoms with Gasteiger partial charge in [0.15, 0.2) is 5.69 Å². The van der Waals surface area contributed by atoms with Gasteiger partial charge in [-0.25, -0.2) is 9.59 Å². The van der Waals surface area contributed by atoms with Gasteiger partial charge in [0.2, 0.25) is 0 Å². The van der Waals surface area contributed by atoms with Gasteiger partial charge in [-0.05, 0) is 44.0 Å². The van der Waals surface area contributed by atoms with Gasteiger partial charge in [0.05, 0.1) is 5.69 Å². The summed E-state index contributed by atoms with van der Waals surface area (Å²) in [5.74, 6) is 0. The molecule has 4 rings (SSSR count). The SMILES string of the molecule is Cc1ccc(NC(=O)Nc2c(N3CCCC3)c3ccccc3oc2=O)cc1. The number of urea groups is 1. The Bertz CT molecular complexity index is 1030. The van der Waals surface area contributed by atoms with Crippen LogP contribution in [0.25, 0.3) is 11.0 Å². The number of anilines is 3. The smallest absolute Gasteiger partial charge is 0.362 e. The third kappa shape index (κ3) is 3.51. The van der Waals surface area contributed by atoms with E-state index in [1.807, 2.05) is 49.4 Å². The van der Waals surface area contributed by atoms with Crippen molar-refractivity contribution in [3.05, 3.63) is 64.5 Å². The highest BCUT2D eigenvalue weighted by Crippen LogP contribution is 2.34. The molecule has 3 aromatic rings. The van der Waals surface area contributed by atoms with Gasteiger partial charge in [-0.15, -0.1) is 0 Å². The summed E-state index contributed by atoms with van der Waals surface area (Å²) in [6, 6.07) is 14.4. The van der Waals surface area contributed by atoms with Crippen molar-refractivity contribution in [1.82, 2.24) is 0 Å². The Hall–Kier alpha value is -3.28. The predicted molar refractivity (Wildman–Crippen MR) is 108 cm³/mol. The minimum Gasteiger partial charge on any atom is -0.421 e. The van der Waals surface area contributed by atoms with Gasteiger partial charge in [0, 0.05) is 24.2 Å². The number of para-hydroxylation sites is 1. The molecule has 1 saturated heterocycles. The lowest BCUT2D eigenvalue weighted by Crippen LogP contribution is -2.27. The standard InChI is InChI=1S/C21H21N3O3/c1-14-8-10-15(11-9-14)22-21(26)23-18-19(24-12-4-5-13-24)16-6-2-3-7-17(16)27-20(18)25/h2-3,6-11H,4-5,12-13H2,1H3,(H2,22,23,26). The van der Waals surface area contributed by atoms with Crippen LogP contribution < -0.4 is 21.2 Å². The van der Waals surface area contributed by atoms with Crippen molar-refractivity contribution in [3.8, 4) is 0 Å². The van der Waals surface area contributed by atoms with Crippen molar-refractivity contribution in [3.63, 3.8) is 0 Å². The van der Waals surface area contributed by atoms with Crippen LogP contribution in [-0.4, -0.2) is 19.1 Å². The summed E-state index contributed by atoms with van der Waals surface area (Å²) in [5.41, 5.74) is 2.65. The van der Waals surface area contributed by atoms with E-state index < -0.39 is 11.7 Å². The van der Waals surface area contributed by atoms with Crippen LogP contribution in [0.4, 0.5) is 21.9 Å². The molecule has 0 atom stereocenters. The Kier molecular flexibility index (Phi) is 4.54. The van der Waals surface area contributed by atoms with Gasteiger partial charge in [-0.3, -0.25) is 5.32 Å². The van der Waals surface area contributed by atoms with Crippen LogP contribution in [0.1, 0.15) is 18.4 Å². The molecule has 2 aromatic carbocycles. The summed E-state index contributed by atoms with van der Waals surface area (Å²) >= 11 is 0. The summed E-state index contributed by atoms with van der Waals surface area (Å²) in [4.78, 5) is 27.2. The van der Waals surface area contributed by atoms with E-state index in [2.05, 4.69) is 15.5 Å². The topological polar surface area (TPSA) is 74.6 Å². The second-order valence-corrected chi connectivity index (χ2v) is 6.75. The maximum Gasteiger partial charge on any atom is 0.362 e. The maximum absolute atomic E-state index is 12.6. The summed E-state index contributed by atoms with van der Waals surface area (Å²) in [7, 11) is 0. The fourth-order valence-electron chi connectivity index (χ4n) is 3.43. The Morgan fingerprint density at radius 3 is 2.44 bits per heavy atom. The molecule has 6 nitrogen and oxygen atoms in total. The third-order valence-electron chi connectivity index (χ3n) is 4.76. The zero-order valence-corrected chi connectivity index (χ0v) is 15.1. The first-order chi connectivity index (χ1) is 13.1. The van der Waals surface area contributed by atoms with Crippen LogP contribution in [-0.2, 0) is 0 Å². The van der Waals surface area contributed by atoms with Gasteiger partial charge < -0.3 is 14.6 Å². The quantitative estimate of drug-likeness (QED) is 0.679. The van der Waals surface area contributed by atoms with Crippen molar-refractivity contribution < 1.29 is 9.21 Å². The lowest BCUT2D eigenvalue weighted by molar-refractivity contribution is 0.262. The molecule has 0 unspecified atom stereocenters. The van der Waals surface area contributed by atoms with E-state index in [1.54, 1.807) is 6.07 Å². The molecule has 0 radical (unpaired) electrons. The van der Waals surface area contributed by atoms with Gasteiger partial charge >= 0.3 is 11.7 Å². The Morgan fingerprint density at radius 1 is 1.00 bits per heavy atom. The van der Waals surface area contributed by atoms with Crippen LogP contribution in [0.3, 0.4) is 0 Å². The van der Waals surface area contributed by atoms with Crippen LogP contribution in [0.5, 0.6) is 0 Å². The lowest BCUT2D eigenvalue weighted by Gasteiger charge is -2.22. The van der Waals surface area contributed by atoms with Crippen molar-refractivity contribution in [1.29, 1.82) is 0 Å². The zero-order chi connectivity index (χ0) is 18.8. The number of nitrogens with zero attached hydrogens (tertiary/aromatic N) is 1. The number of benzene rings is 2. The highest BCUT2D eigenvalue weighted by Gasteiger charge is 2.23. The Balaban J connectivity index is 1.70. The molecule has 2 heterocycles. The van der Waals surface area contributed by atoms with Crippen molar-refractivity contribution in [2.75, 3.05) is 28.6 Å². The number of fused-ring (bicyclic) bond motifs is 1. The molecule has 27 heavy (non-hydrogen) atoms. The number of nitrogens with one attached hydrogen (secondary N) is 2. The van der Waals surface area contributed by atoms with Crippen molar-refractivity contribution in [2.24, 2.45) is 0 Å². The normalized spacial score (nSPS) is 13.7. The van der Waals surface area contributed by atoms with E-state index in [1.165, 1.54) is 0 Å². The predicted octanol–water partition coefficient (Wildman–Crippen LogP) is 4.35. The summed E-state index contributed by atoms with van der Waals surface area (Å²) < 4.78 is 5.44. The van der Waals surface area contributed by atoms with E-state index in [0.717, 1.165) is 42.6 Å². The molecule has 138 valence electrons. The summed E-state index contributed by atoms with van der Waals surface area (Å²) in [5, 5.41) is 6.30. The van der Waals surface area contributed by atoms with E-state index in [-0.39, 0.29) is 5.69 Å². The fraction of sp³-hybridized carbons (Fsp3) is 0.238. The number of amides is 2. The van der Waals surface area contributed by atoms with Gasteiger partial charge in [0.1, 0.15) is 5.58 Å². The maximum atomic E-state index is 12.6. The summed E-state index contributed by atoms with van der Waals surface area (Å²) in [6.07, 6.45) is 2.12. The van der Waals surface area contributed by atoms with E-state index >= 15 is 0 Å². The molecule has 2 amide bonds. The number of rotatable bonds is 3. The monoisotopic (exact) mass is 363 g/mol. The van der Waals surface area contributed by atoms with Gasteiger partial charge in [-0.1, -0.05) is 29.8 Å². The fourth-order valence-corrected chi connectivity index (χ4v) is 3.43. The van der Waals surface area contributed by atoms with Gasteiger partial charge in [0.25, 0.3) is 0 Å². The van der Waals surface area contributed by atoms with Crippen LogP contribution >= 0.6 is 0 Å². The number of aryl methyl sites for hydroxylation is 1. The molecular weight excluding hydrogens is 342 g/mol. The Labute approximate surface area is 156 Å². The second-order valence-electron chi connectivity index (χ2n) is 6.75. The number of carbonyl (C=O) groups is 1. The molecular formula is C21H21N3O3. The molecule has 1 aromatic heterocycles. The molecule has 0 saturated carbocycles. The van der Waals surface area contributed by atoms with Crippen LogP contribution in [0.15, 0.2) is 57.7 Å². The van der Waals surface area contributed by atoms with Crippen LogP contribution in [0, 0.1) is 6.92 Å². The average molecular weight is 363 g/mol. The highest BCUT2D eigenvalue weighted by atomic mass is 16.4. The van der Waals surface area contributed by atoms with E-state index in [4.69, 9.17) is 4.42 Å². The largest absolute Gasteiger partial charge is 0.421 e. The van der Waals surface area contributed by atoms with E-state index in [9.17, 15) is 9.59 Å². The molecule has 1 fully saturated rings. The lowest BCUT2D eigenvalue weighted by atomic mass is 10.1. The first kappa shape index (κ1) is 17.1. The zero-order valence-electron chi connectivity index (χ0n) is 15.1. The number of carbonyl (C=O) groups excluding carboxylic acids is 1. The summed E-state index contributed by atoms with van der Waals surface area (Å²) in [6.45, 7) is 3.68. The number of hydrogen-bond acceptors (Lipinski definition) is 4. The minimum absolute atomic E-state index is 0.181. The van der Waals surface area contributed by atoms with Crippen molar-refractivity contribution >= 4 is 34.1 Å². The molecule has 2 N–H and O–H groups in total. The third-order valence-corrected chi connectivity index (χ3v) is 4.76. The molecule has 6 heteroatoms. The molecule has 1 aliphatic rings. The highest BCUT2D eigenvalue weighted by molar-refractivity contribution is 6.06. The Morgan fingerprint density at radius 2 is 1.70 bits per heavy atom.